The third kappa shape index (κ3) is 3.99. The van der Waals surface area contributed by atoms with Crippen molar-refractivity contribution in [3.05, 3.63) is 48.5 Å². The predicted octanol–water partition coefficient (Wildman–Crippen LogP) is 1.31. The molecule has 7 heteroatoms. The van der Waals surface area contributed by atoms with E-state index in [1.54, 1.807) is 36.8 Å². The van der Waals surface area contributed by atoms with Crippen LogP contribution in [0.25, 0.3) is 0 Å². The Morgan fingerprint density at radius 1 is 1.36 bits per heavy atom. The van der Waals surface area contributed by atoms with Crippen LogP contribution in [0.2, 0.25) is 0 Å². The average Bonchev–Trinajstić information content (AvgIpc) is 3.31. The number of aromatic nitrogens is 2. The molecule has 1 aliphatic heterocycles. The first-order chi connectivity index (χ1) is 12.2. The van der Waals surface area contributed by atoms with Gasteiger partial charge in [0, 0.05) is 31.5 Å². The summed E-state index contributed by atoms with van der Waals surface area (Å²) in [6, 6.07) is 7.10. The van der Waals surface area contributed by atoms with Gasteiger partial charge in [-0.25, -0.2) is 4.98 Å². The molecule has 2 aromatic rings. The molecule has 7 nitrogen and oxygen atoms in total. The highest BCUT2D eigenvalue weighted by molar-refractivity contribution is 5.98. The first-order valence-corrected chi connectivity index (χ1v) is 8.35. The highest BCUT2D eigenvalue weighted by Crippen LogP contribution is 2.19. The molecule has 0 spiro atoms. The molecule has 2 heterocycles. The molecule has 1 aromatic heterocycles. The van der Waals surface area contributed by atoms with E-state index in [2.05, 4.69) is 10.3 Å². The Bertz CT molecular complexity index is 730. The lowest BCUT2D eigenvalue weighted by Crippen LogP contribution is -2.44. The summed E-state index contributed by atoms with van der Waals surface area (Å²) in [6.07, 6.45) is 7.32. The van der Waals surface area contributed by atoms with Gasteiger partial charge in [-0.3, -0.25) is 9.59 Å². The number of methoxy groups -OCH3 is 1. The zero-order valence-corrected chi connectivity index (χ0v) is 14.2. The summed E-state index contributed by atoms with van der Waals surface area (Å²) in [5.74, 6) is 0.119. The Kier molecular flexibility index (Phi) is 5.33. The van der Waals surface area contributed by atoms with Gasteiger partial charge in [0.2, 0.25) is 5.91 Å². The summed E-state index contributed by atoms with van der Waals surface area (Å²) in [7, 11) is 1.52. The number of carbonyl (C=O) groups is 2. The van der Waals surface area contributed by atoms with Gasteiger partial charge in [0.25, 0.3) is 5.91 Å². The van der Waals surface area contributed by atoms with E-state index in [1.807, 2.05) is 15.7 Å². The monoisotopic (exact) mass is 342 g/mol. The molecule has 2 amide bonds. The summed E-state index contributed by atoms with van der Waals surface area (Å²) < 4.78 is 7.16. The van der Waals surface area contributed by atoms with E-state index in [1.165, 1.54) is 7.11 Å². The second-order valence-corrected chi connectivity index (χ2v) is 6.03. The van der Waals surface area contributed by atoms with E-state index in [0.29, 0.717) is 11.3 Å². The van der Waals surface area contributed by atoms with Crippen LogP contribution in [0, 0.1) is 0 Å². The van der Waals surface area contributed by atoms with Gasteiger partial charge in [-0.15, -0.1) is 0 Å². The Hall–Kier alpha value is -2.83. The number of nitrogens with one attached hydrogen (secondary N) is 1. The molecule has 1 aliphatic rings. The molecule has 3 rings (SSSR count). The predicted molar refractivity (Wildman–Crippen MR) is 92.3 cm³/mol. The van der Waals surface area contributed by atoms with Crippen molar-refractivity contribution < 1.29 is 14.3 Å². The first-order valence-electron chi connectivity index (χ1n) is 8.35. The minimum atomic E-state index is -0.309. The maximum absolute atomic E-state index is 12.5. The van der Waals surface area contributed by atoms with Gasteiger partial charge >= 0.3 is 0 Å². The number of ether oxygens (including phenoxy) is 1. The zero-order chi connectivity index (χ0) is 17.6. The van der Waals surface area contributed by atoms with Crippen molar-refractivity contribution in [2.75, 3.05) is 20.2 Å². The van der Waals surface area contributed by atoms with E-state index < -0.39 is 0 Å². The fraction of sp³-hybridized carbons (Fsp3) is 0.389. The Labute approximate surface area is 146 Å². The average molecular weight is 342 g/mol. The van der Waals surface area contributed by atoms with E-state index in [0.717, 1.165) is 25.9 Å². The largest absolute Gasteiger partial charge is 0.496 e. The number of benzene rings is 1. The minimum Gasteiger partial charge on any atom is -0.496 e. The SMILES string of the molecule is COc1ccccc1C(=O)NCC(=O)N1CCC[C@@H]1Cn1ccnc1. The minimum absolute atomic E-state index is 0.0166. The van der Waals surface area contributed by atoms with Crippen molar-refractivity contribution >= 4 is 11.8 Å². The second kappa shape index (κ2) is 7.83. The van der Waals surface area contributed by atoms with Crippen LogP contribution in [0.5, 0.6) is 5.75 Å². The number of hydrogen-bond acceptors (Lipinski definition) is 4. The Morgan fingerprint density at radius 3 is 2.96 bits per heavy atom. The van der Waals surface area contributed by atoms with Gasteiger partial charge in [-0.2, -0.15) is 0 Å². The van der Waals surface area contributed by atoms with Crippen LogP contribution < -0.4 is 10.1 Å². The maximum atomic E-state index is 12.5. The molecule has 0 radical (unpaired) electrons. The first kappa shape index (κ1) is 17.0. The number of nitrogens with zero attached hydrogens (tertiary/aromatic N) is 3. The van der Waals surface area contributed by atoms with Gasteiger partial charge in [-0.05, 0) is 25.0 Å². The fourth-order valence-corrected chi connectivity index (χ4v) is 3.18. The van der Waals surface area contributed by atoms with Crippen molar-refractivity contribution in [2.24, 2.45) is 0 Å². The van der Waals surface area contributed by atoms with Gasteiger partial charge in [-0.1, -0.05) is 12.1 Å². The third-order valence-electron chi connectivity index (χ3n) is 4.43. The van der Waals surface area contributed by atoms with Gasteiger partial charge in [0.05, 0.1) is 25.5 Å². The molecule has 0 unspecified atom stereocenters. The number of hydrogen-bond donors (Lipinski definition) is 1. The number of carbonyl (C=O) groups excluding carboxylic acids is 2. The molecular weight excluding hydrogens is 320 g/mol. The lowest BCUT2D eigenvalue weighted by molar-refractivity contribution is -0.131. The summed E-state index contributed by atoms with van der Waals surface area (Å²) in [5.41, 5.74) is 0.425. The smallest absolute Gasteiger partial charge is 0.255 e. The Morgan fingerprint density at radius 2 is 2.20 bits per heavy atom. The standard InChI is InChI=1S/C18H22N4O3/c1-25-16-7-3-2-6-15(16)18(24)20-11-17(23)22-9-4-5-14(22)12-21-10-8-19-13-21/h2-3,6-8,10,13-14H,4-5,9,11-12H2,1H3,(H,20,24)/t14-/m1/s1. The van der Waals surface area contributed by atoms with Crippen molar-refractivity contribution in [3.63, 3.8) is 0 Å². The van der Waals surface area contributed by atoms with Crippen LogP contribution in [-0.4, -0.2) is 52.5 Å². The molecule has 0 saturated carbocycles. The second-order valence-electron chi connectivity index (χ2n) is 6.03. The summed E-state index contributed by atoms with van der Waals surface area (Å²) in [5, 5.41) is 2.70. The highest BCUT2D eigenvalue weighted by Gasteiger charge is 2.29. The molecule has 0 aliphatic carbocycles. The molecule has 1 saturated heterocycles. The van der Waals surface area contributed by atoms with Crippen LogP contribution in [-0.2, 0) is 11.3 Å². The van der Waals surface area contributed by atoms with E-state index in [9.17, 15) is 9.59 Å². The lowest BCUT2D eigenvalue weighted by Gasteiger charge is -2.25. The van der Waals surface area contributed by atoms with Crippen molar-refractivity contribution in [2.45, 2.75) is 25.4 Å². The maximum Gasteiger partial charge on any atom is 0.255 e. The van der Waals surface area contributed by atoms with E-state index >= 15 is 0 Å². The van der Waals surface area contributed by atoms with Gasteiger partial charge in [0.1, 0.15) is 5.75 Å². The zero-order valence-electron chi connectivity index (χ0n) is 14.2. The van der Waals surface area contributed by atoms with Crippen LogP contribution in [0.3, 0.4) is 0 Å². The van der Waals surface area contributed by atoms with Crippen LogP contribution in [0.15, 0.2) is 43.0 Å². The van der Waals surface area contributed by atoms with Gasteiger partial charge in [0.15, 0.2) is 0 Å². The van der Waals surface area contributed by atoms with Crippen LogP contribution in [0.1, 0.15) is 23.2 Å². The lowest BCUT2D eigenvalue weighted by atomic mass is 10.2. The summed E-state index contributed by atoms with van der Waals surface area (Å²) >= 11 is 0. The number of imidazole rings is 1. The molecular formula is C18H22N4O3. The molecule has 1 atom stereocenters. The third-order valence-corrected chi connectivity index (χ3v) is 4.43. The normalized spacial score (nSPS) is 16.7. The summed E-state index contributed by atoms with van der Waals surface area (Å²) in [4.78, 5) is 30.7. The molecule has 1 aromatic carbocycles. The quantitative estimate of drug-likeness (QED) is 0.859. The molecule has 132 valence electrons. The molecule has 1 N–H and O–H groups in total. The van der Waals surface area contributed by atoms with Crippen LogP contribution in [0.4, 0.5) is 0 Å². The number of para-hydroxylation sites is 1. The molecule has 0 bridgehead atoms. The Balaban J connectivity index is 1.57. The number of amides is 2. The number of rotatable bonds is 6. The molecule has 1 fully saturated rings. The van der Waals surface area contributed by atoms with E-state index in [-0.39, 0.29) is 24.4 Å². The molecule has 25 heavy (non-hydrogen) atoms. The summed E-state index contributed by atoms with van der Waals surface area (Å²) in [6.45, 7) is 1.44. The highest BCUT2D eigenvalue weighted by atomic mass is 16.5. The van der Waals surface area contributed by atoms with Crippen molar-refractivity contribution in [1.29, 1.82) is 0 Å². The van der Waals surface area contributed by atoms with Crippen molar-refractivity contribution in [1.82, 2.24) is 19.8 Å². The fourth-order valence-electron chi connectivity index (χ4n) is 3.18. The van der Waals surface area contributed by atoms with E-state index in [4.69, 9.17) is 4.74 Å². The topological polar surface area (TPSA) is 76.5 Å². The van der Waals surface area contributed by atoms with Crippen molar-refractivity contribution in [3.8, 4) is 5.75 Å². The number of likely N-dealkylation sites (tertiary alicyclic amines) is 1. The van der Waals surface area contributed by atoms with Crippen LogP contribution >= 0.6 is 0 Å². The van der Waals surface area contributed by atoms with Gasteiger partial charge < -0.3 is 19.5 Å².